The highest BCUT2D eigenvalue weighted by atomic mass is 35.5. The van der Waals surface area contributed by atoms with Gasteiger partial charge < -0.3 is 14.6 Å². The quantitative estimate of drug-likeness (QED) is 0.214. The molecule has 5 fully saturated rings. The monoisotopic (exact) mass is 699 g/mol. The van der Waals surface area contributed by atoms with E-state index in [4.69, 9.17) is 16.3 Å². The van der Waals surface area contributed by atoms with Gasteiger partial charge in [-0.1, -0.05) is 41.9 Å². The molecule has 0 saturated heterocycles. The van der Waals surface area contributed by atoms with Gasteiger partial charge >= 0.3 is 5.97 Å². The topological polar surface area (TPSA) is 124 Å². The van der Waals surface area contributed by atoms with Crippen LogP contribution in [0.15, 0.2) is 77.6 Å². The van der Waals surface area contributed by atoms with E-state index in [1.807, 2.05) is 42.5 Å². The van der Waals surface area contributed by atoms with Gasteiger partial charge in [-0.2, -0.15) is 0 Å². The second-order valence-corrected chi connectivity index (χ2v) is 16.8. The standard InChI is InChI=1S/C38H38ClN3O6S/c1-48-37(45)34-31(35(43)30-14-11-27(39)18-32(30)42(34)28-5-3-2-4-6-28)17-22-7-9-24(10-8-22)36(44)40-33-25-15-23-16-26(33)21-38(19-23,20-25)41-49(46,47)29-12-13-29/h2-11,14,18,23,25-26,29,33,41H,12-13,15-17,19-21H2,1H3,(H,40,44)/t23-,25-,26+,33-,38+. The lowest BCUT2D eigenvalue weighted by molar-refractivity contribution is -0.0348. The van der Waals surface area contributed by atoms with Gasteiger partial charge in [0, 0.05) is 45.2 Å². The highest BCUT2D eigenvalue weighted by Gasteiger charge is 2.57. The number of pyridine rings is 1. The summed E-state index contributed by atoms with van der Waals surface area (Å²) in [6.45, 7) is 0. The predicted octanol–water partition coefficient (Wildman–Crippen LogP) is 5.78. The SMILES string of the molecule is COC(=O)c1c(Cc2ccc(C(=O)N[C@@H]3[C@@H]4C[C@@H]5C[C@H]3C[C@](NS(=O)(=O)C3CC3)(C5)C4)cc2)c(=O)c2ccc(Cl)cc2n1-c1ccccc1. The van der Waals surface area contributed by atoms with Crippen LogP contribution in [0.25, 0.3) is 16.6 Å². The number of halogens is 1. The van der Waals surface area contributed by atoms with E-state index < -0.39 is 16.0 Å². The number of aromatic nitrogens is 1. The van der Waals surface area contributed by atoms with Crippen molar-refractivity contribution in [3.8, 4) is 5.69 Å². The summed E-state index contributed by atoms with van der Waals surface area (Å²) in [7, 11) is -2.00. The van der Waals surface area contributed by atoms with Crippen molar-refractivity contribution >= 4 is 44.4 Å². The number of nitrogens with one attached hydrogen (secondary N) is 2. The zero-order valence-electron chi connectivity index (χ0n) is 27.2. The zero-order chi connectivity index (χ0) is 34.1. The number of hydrogen-bond acceptors (Lipinski definition) is 6. The van der Waals surface area contributed by atoms with Crippen molar-refractivity contribution in [2.24, 2.45) is 17.8 Å². The summed E-state index contributed by atoms with van der Waals surface area (Å²) < 4.78 is 35.8. The van der Waals surface area contributed by atoms with Crippen LogP contribution in [0.1, 0.15) is 76.9 Å². The number of esters is 1. The zero-order valence-corrected chi connectivity index (χ0v) is 28.7. The number of fused-ring (bicyclic) bond motifs is 1. The summed E-state index contributed by atoms with van der Waals surface area (Å²) >= 11 is 6.36. The van der Waals surface area contributed by atoms with Crippen LogP contribution in [0.5, 0.6) is 0 Å². The average molecular weight is 700 g/mol. The predicted molar refractivity (Wildman–Crippen MR) is 188 cm³/mol. The molecule has 2 N–H and O–H groups in total. The smallest absolute Gasteiger partial charge is 0.355 e. The Labute approximate surface area is 290 Å². The van der Waals surface area contributed by atoms with E-state index in [1.54, 1.807) is 34.9 Å². The largest absolute Gasteiger partial charge is 0.464 e. The second kappa shape index (κ2) is 12.1. The van der Waals surface area contributed by atoms with Crippen LogP contribution < -0.4 is 15.5 Å². The van der Waals surface area contributed by atoms with Gasteiger partial charge in [-0.25, -0.2) is 17.9 Å². The van der Waals surface area contributed by atoms with Crippen LogP contribution in [-0.2, 0) is 21.2 Å². The molecule has 254 valence electrons. The summed E-state index contributed by atoms with van der Waals surface area (Å²) in [5, 5.41) is 3.92. The van der Waals surface area contributed by atoms with Crippen molar-refractivity contribution in [1.29, 1.82) is 0 Å². The van der Waals surface area contributed by atoms with E-state index in [1.165, 1.54) is 7.11 Å². The molecule has 4 bridgehead atoms. The number of sulfonamides is 1. The van der Waals surface area contributed by atoms with Crippen molar-refractivity contribution in [2.75, 3.05) is 7.11 Å². The maximum atomic E-state index is 14.0. The molecule has 49 heavy (non-hydrogen) atoms. The van der Waals surface area contributed by atoms with E-state index in [2.05, 4.69) is 10.0 Å². The number of amides is 1. The molecule has 9 nitrogen and oxygen atoms in total. The lowest BCUT2D eigenvalue weighted by Gasteiger charge is -2.60. The number of hydrogen-bond donors (Lipinski definition) is 2. The van der Waals surface area contributed by atoms with E-state index >= 15 is 0 Å². The summed E-state index contributed by atoms with van der Waals surface area (Å²) in [6.07, 6.45) is 6.07. The summed E-state index contributed by atoms with van der Waals surface area (Å²) in [5.74, 6) is 0.151. The summed E-state index contributed by atoms with van der Waals surface area (Å²) in [5.41, 5.74) is 2.17. The number of nitrogens with zero attached hydrogens (tertiary/aromatic N) is 1. The van der Waals surface area contributed by atoms with Crippen LogP contribution in [0.3, 0.4) is 0 Å². The molecule has 5 saturated carbocycles. The summed E-state index contributed by atoms with van der Waals surface area (Å²) in [6, 6.07) is 21.4. The van der Waals surface area contributed by atoms with Gasteiger partial charge in [0.05, 0.1) is 17.9 Å². The van der Waals surface area contributed by atoms with Crippen molar-refractivity contribution in [3.05, 3.63) is 110 Å². The van der Waals surface area contributed by atoms with Gasteiger partial charge in [0.25, 0.3) is 5.91 Å². The van der Waals surface area contributed by atoms with E-state index in [-0.39, 0.29) is 57.7 Å². The fourth-order valence-electron chi connectivity index (χ4n) is 9.09. The van der Waals surface area contributed by atoms with Crippen molar-refractivity contribution < 1.29 is 22.7 Å². The third-order valence-electron chi connectivity index (χ3n) is 11.1. The molecule has 4 aromatic rings. The number of rotatable bonds is 9. The maximum absolute atomic E-state index is 14.0. The first-order chi connectivity index (χ1) is 23.5. The van der Waals surface area contributed by atoms with E-state index in [0.29, 0.717) is 33.1 Å². The Morgan fingerprint density at radius 3 is 2.31 bits per heavy atom. The Morgan fingerprint density at radius 1 is 0.959 bits per heavy atom. The minimum atomic E-state index is -3.29. The van der Waals surface area contributed by atoms with E-state index in [9.17, 15) is 22.8 Å². The first-order valence-corrected chi connectivity index (χ1v) is 18.9. The summed E-state index contributed by atoms with van der Waals surface area (Å²) in [4.78, 5) is 40.9. The Balaban J connectivity index is 1.05. The van der Waals surface area contributed by atoms with Gasteiger partial charge in [-0.3, -0.25) is 9.59 Å². The molecule has 3 aromatic carbocycles. The molecule has 5 aliphatic carbocycles. The molecule has 1 amide bonds. The molecule has 0 spiro atoms. The molecule has 0 radical (unpaired) electrons. The average Bonchev–Trinajstić information content (AvgIpc) is 3.94. The highest BCUT2D eigenvalue weighted by molar-refractivity contribution is 7.90. The Hall–Kier alpha value is -3.99. The van der Waals surface area contributed by atoms with Crippen LogP contribution in [0.2, 0.25) is 5.02 Å². The first-order valence-electron chi connectivity index (χ1n) is 17.0. The maximum Gasteiger partial charge on any atom is 0.355 e. The lowest BCUT2D eigenvalue weighted by atomic mass is 9.51. The van der Waals surface area contributed by atoms with Gasteiger partial charge in [0.1, 0.15) is 5.69 Å². The third-order valence-corrected chi connectivity index (χ3v) is 13.4. The normalized spacial score (nSPS) is 25.8. The fourth-order valence-corrected chi connectivity index (χ4v) is 11.0. The number of carbonyl (C=O) groups excluding carboxylic acids is 2. The lowest BCUT2D eigenvalue weighted by Crippen LogP contribution is -2.66. The number of benzene rings is 3. The molecule has 5 atom stereocenters. The first kappa shape index (κ1) is 32.2. The molecular formula is C38H38ClN3O6S. The van der Waals surface area contributed by atoms with Crippen molar-refractivity contribution in [3.63, 3.8) is 0 Å². The third kappa shape index (κ3) is 5.87. The Kier molecular flexibility index (Phi) is 7.96. The minimum absolute atomic E-state index is 0.00690. The number of carbonyl (C=O) groups is 2. The molecule has 1 heterocycles. The van der Waals surface area contributed by atoms with Gasteiger partial charge in [-0.05, 0) is 111 Å². The fraction of sp³-hybridized carbons (Fsp3) is 0.395. The second-order valence-electron chi connectivity index (χ2n) is 14.4. The minimum Gasteiger partial charge on any atom is -0.464 e. The molecular weight excluding hydrogens is 662 g/mol. The van der Waals surface area contributed by atoms with E-state index in [0.717, 1.165) is 50.5 Å². The highest BCUT2D eigenvalue weighted by Crippen LogP contribution is 2.56. The molecule has 1 aromatic heterocycles. The van der Waals surface area contributed by atoms with Crippen LogP contribution in [0.4, 0.5) is 0 Å². The molecule has 11 heteroatoms. The molecule has 0 aliphatic heterocycles. The Morgan fingerprint density at radius 2 is 1.65 bits per heavy atom. The molecule has 0 unspecified atom stereocenters. The number of methoxy groups -OCH3 is 1. The van der Waals surface area contributed by atoms with Crippen molar-refractivity contribution in [1.82, 2.24) is 14.6 Å². The van der Waals surface area contributed by atoms with Crippen LogP contribution in [-0.4, -0.2) is 48.8 Å². The number of ether oxygens (including phenoxy) is 1. The number of para-hydroxylation sites is 1. The van der Waals surface area contributed by atoms with Crippen LogP contribution in [0, 0.1) is 17.8 Å². The Bertz CT molecular complexity index is 2130. The molecule has 5 aliphatic rings. The van der Waals surface area contributed by atoms with Crippen molar-refractivity contribution in [2.45, 2.75) is 68.2 Å². The van der Waals surface area contributed by atoms with Gasteiger partial charge in [0.2, 0.25) is 10.0 Å². The molecule has 9 rings (SSSR count). The van der Waals surface area contributed by atoms with Gasteiger partial charge in [-0.15, -0.1) is 0 Å². The van der Waals surface area contributed by atoms with Crippen LogP contribution >= 0.6 is 11.6 Å². The van der Waals surface area contributed by atoms with Gasteiger partial charge in [0.15, 0.2) is 5.43 Å².